The molecule has 0 heterocycles. The summed E-state index contributed by atoms with van der Waals surface area (Å²) in [4.78, 5) is 0. The van der Waals surface area contributed by atoms with Crippen LogP contribution in [0.1, 0.15) is 31.7 Å². The van der Waals surface area contributed by atoms with Gasteiger partial charge in [-0.2, -0.15) is 0 Å². The zero-order valence-corrected chi connectivity index (χ0v) is 11.0. The van der Waals surface area contributed by atoms with Crippen LogP contribution >= 0.6 is 0 Å². The first-order valence-corrected chi connectivity index (χ1v) is 6.76. The summed E-state index contributed by atoms with van der Waals surface area (Å²) < 4.78 is 5.80. The highest BCUT2D eigenvalue weighted by atomic mass is 16.5. The highest BCUT2D eigenvalue weighted by Gasteiger charge is 2.47. The van der Waals surface area contributed by atoms with Crippen molar-refractivity contribution in [1.82, 2.24) is 0 Å². The first kappa shape index (κ1) is 13.5. The van der Waals surface area contributed by atoms with E-state index >= 15 is 0 Å². The monoisotopic (exact) mass is 249 g/mol. The van der Waals surface area contributed by atoms with Gasteiger partial charge in [-0.25, -0.2) is 0 Å². The minimum Gasteiger partial charge on any atom is -0.389 e. The van der Waals surface area contributed by atoms with Crippen LogP contribution in [0, 0.1) is 5.92 Å². The molecule has 3 nitrogen and oxygen atoms in total. The largest absolute Gasteiger partial charge is 0.389 e. The van der Waals surface area contributed by atoms with Crippen LogP contribution in [0.2, 0.25) is 0 Å². The molecule has 3 N–H and O–H groups in total. The summed E-state index contributed by atoms with van der Waals surface area (Å²) in [5.74, 6) is 0.203. The SMILES string of the molecule is CCC(CN)C1(O)CC(OCc2ccccc2)C1. The smallest absolute Gasteiger partial charge is 0.0737 e. The summed E-state index contributed by atoms with van der Waals surface area (Å²) >= 11 is 0. The molecule has 0 saturated heterocycles. The standard InChI is InChI=1S/C15H23NO2/c1-2-13(10-16)15(17)8-14(9-15)18-11-12-6-4-3-5-7-12/h3-7,13-14,17H,2,8-11,16H2,1H3. The number of nitrogens with two attached hydrogens (primary N) is 1. The maximum atomic E-state index is 10.4. The van der Waals surface area contributed by atoms with E-state index in [1.165, 1.54) is 5.56 Å². The second kappa shape index (κ2) is 5.83. The fourth-order valence-corrected chi connectivity index (χ4v) is 2.73. The molecule has 100 valence electrons. The van der Waals surface area contributed by atoms with E-state index in [-0.39, 0.29) is 12.0 Å². The van der Waals surface area contributed by atoms with E-state index in [4.69, 9.17) is 10.5 Å². The fraction of sp³-hybridized carbons (Fsp3) is 0.600. The molecule has 1 atom stereocenters. The highest BCUT2D eigenvalue weighted by Crippen LogP contribution is 2.41. The number of rotatable bonds is 6. The molecule has 1 aromatic carbocycles. The molecule has 3 heteroatoms. The van der Waals surface area contributed by atoms with Gasteiger partial charge in [-0.05, 0) is 24.4 Å². The van der Waals surface area contributed by atoms with Gasteiger partial charge in [0.05, 0.1) is 18.3 Å². The molecule has 18 heavy (non-hydrogen) atoms. The summed E-state index contributed by atoms with van der Waals surface area (Å²) in [6, 6.07) is 10.1. The molecule has 1 aromatic rings. The molecular formula is C15H23NO2. The van der Waals surface area contributed by atoms with Crippen LogP contribution in [0.25, 0.3) is 0 Å². The minimum absolute atomic E-state index is 0.177. The normalized spacial score (nSPS) is 28.7. The van der Waals surface area contributed by atoms with Gasteiger partial charge >= 0.3 is 0 Å². The molecule has 1 aliphatic carbocycles. The fourth-order valence-electron chi connectivity index (χ4n) is 2.73. The zero-order chi connectivity index (χ0) is 13.0. The third-order valence-corrected chi connectivity index (χ3v) is 4.03. The van der Waals surface area contributed by atoms with Crippen molar-refractivity contribution in [3.05, 3.63) is 35.9 Å². The Labute approximate surface area is 109 Å². The van der Waals surface area contributed by atoms with Crippen molar-refractivity contribution >= 4 is 0 Å². The summed E-state index contributed by atoms with van der Waals surface area (Å²) in [5.41, 5.74) is 6.28. The second-order valence-electron chi connectivity index (χ2n) is 5.27. The van der Waals surface area contributed by atoms with E-state index in [0.717, 1.165) is 19.3 Å². The summed E-state index contributed by atoms with van der Waals surface area (Å²) in [6.07, 6.45) is 2.54. The van der Waals surface area contributed by atoms with Crippen LogP contribution in [0.3, 0.4) is 0 Å². The predicted octanol–water partition coefficient (Wildman–Crippen LogP) is 2.08. The van der Waals surface area contributed by atoms with Crippen molar-refractivity contribution in [2.45, 2.75) is 44.5 Å². The van der Waals surface area contributed by atoms with E-state index in [1.54, 1.807) is 0 Å². The lowest BCUT2D eigenvalue weighted by Crippen LogP contribution is -2.55. The Morgan fingerprint density at radius 3 is 2.61 bits per heavy atom. The van der Waals surface area contributed by atoms with Gasteiger partial charge in [-0.1, -0.05) is 37.3 Å². The van der Waals surface area contributed by atoms with E-state index in [1.807, 2.05) is 18.2 Å². The van der Waals surface area contributed by atoms with Gasteiger partial charge in [0.2, 0.25) is 0 Å². The van der Waals surface area contributed by atoms with Crippen molar-refractivity contribution in [3.63, 3.8) is 0 Å². The number of aliphatic hydroxyl groups is 1. The topological polar surface area (TPSA) is 55.5 Å². The molecule has 0 amide bonds. The summed E-state index contributed by atoms with van der Waals surface area (Å²) in [6.45, 7) is 3.26. The molecule has 1 aliphatic rings. The molecular weight excluding hydrogens is 226 g/mol. The van der Waals surface area contributed by atoms with Gasteiger partial charge in [-0.15, -0.1) is 0 Å². The molecule has 0 aromatic heterocycles. The Kier molecular flexibility index (Phi) is 4.38. The van der Waals surface area contributed by atoms with Gasteiger partial charge in [0.15, 0.2) is 0 Å². The van der Waals surface area contributed by atoms with Gasteiger partial charge in [-0.3, -0.25) is 0 Å². The summed E-state index contributed by atoms with van der Waals surface area (Å²) in [7, 11) is 0. The van der Waals surface area contributed by atoms with Crippen molar-refractivity contribution in [2.75, 3.05) is 6.54 Å². The van der Waals surface area contributed by atoms with Crippen LogP contribution in [0.15, 0.2) is 30.3 Å². The second-order valence-corrected chi connectivity index (χ2v) is 5.27. The van der Waals surface area contributed by atoms with Crippen molar-refractivity contribution in [2.24, 2.45) is 11.7 Å². The zero-order valence-electron chi connectivity index (χ0n) is 11.0. The maximum Gasteiger partial charge on any atom is 0.0737 e. The molecule has 0 radical (unpaired) electrons. The number of ether oxygens (including phenoxy) is 1. The average Bonchev–Trinajstić information content (AvgIpc) is 2.36. The van der Waals surface area contributed by atoms with E-state index in [9.17, 15) is 5.11 Å². The third kappa shape index (κ3) is 2.91. The Morgan fingerprint density at radius 1 is 1.39 bits per heavy atom. The molecule has 1 unspecified atom stereocenters. The van der Waals surface area contributed by atoms with Crippen LogP contribution in [0.5, 0.6) is 0 Å². The molecule has 1 fully saturated rings. The van der Waals surface area contributed by atoms with Crippen LogP contribution < -0.4 is 5.73 Å². The van der Waals surface area contributed by atoms with E-state index in [0.29, 0.717) is 13.2 Å². The molecule has 0 bridgehead atoms. The predicted molar refractivity (Wildman–Crippen MR) is 72.0 cm³/mol. The first-order valence-electron chi connectivity index (χ1n) is 6.76. The lowest BCUT2D eigenvalue weighted by atomic mass is 9.68. The Bertz CT molecular complexity index is 356. The van der Waals surface area contributed by atoms with Gasteiger partial charge in [0, 0.05) is 12.8 Å². The van der Waals surface area contributed by atoms with Crippen LogP contribution in [-0.2, 0) is 11.3 Å². The van der Waals surface area contributed by atoms with Crippen molar-refractivity contribution < 1.29 is 9.84 Å². The molecule has 1 saturated carbocycles. The molecule has 0 aliphatic heterocycles. The first-order chi connectivity index (χ1) is 8.68. The van der Waals surface area contributed by atoms with Crippen LogP contribution in [0.4, 0.5) is 0 Å². The lowest BCUT2D eigenvalue weighted by molar-refractivity contribution is -0.170. The van der Waals surface area contributed by atoms with E-state index in [2.05, 4.69) is 19.1 Å². The van der Waals surface area contributed by atoms with Crippen molar-refractivity contribution in [3.8, 4) is 0 Å². The Balaban J connectivity index is 1.76. The van der Waals surface area contributed by atoms with E-state index < -0.39 is 5.60 Å². The number of hydrogen-bond donors (Lipinski definition) is 2. The third-order valence-electron chi connectivity index (χ3n) is 4.03. The van der Waals surface area contributed by atoms with Crippen LogP contribution in [-0.4, -0.2) is 23.4 Å². The Hall–Kier alpha value is -0.900. The molecule has 2 rings (SSSR count). The van der Waals surface area contributed by atoms with Gasteiger partial charge in [0.25, 0.3) is 0 Å². The summed E-state index contributed by atoms with van der Waals surface area (Å²) in [5, 5.41) is 10.4. The average molecular weight is 249 g/mol. The number of benzene rings is 1. The van der Waals surface area contributed by atoms with Gasteiger partial charge in [0.1, 0.15) is 0 Å². The highest BCUT2D eigenvalue weighted by molar-refractivity contribution is 5.13. The van der Waals surface area contributed by atoms with Gasteiger partial charge < -0.3 is 15.6 Å². The van der Waals surface area contributed by atoms with Crippen molar-refractivity contribution in [1.29, 1.82) is 0 Å². The Morgan fingerprint density at radius 2 is 2.06 bits per heavy atom. The minimum atomic E-state index is -0.592. The maximum absolute atomic E-state index is 10.4. The lowest BCUT2D eigenvalue weighted by Gasteiger charge is -2.47. The number of hydrogen-bond acceptors (Lipinski definition) is 3. The molecule has 0 spiro atoms. The quantitative estimate of drug-likeness (QED) is 0.811.